The van der Waals surface area contributed by atoms with Crippen LogP contribution in [-0.2, 0) is 0 Å². The van der Waals surface area contributed by atoms with Crippen LogP contribution in [-0.4, -0.2) is 27.2 Å². The van der Waals surface area contributed by atoms with Crippen molar-refractivity contribution in [3.8, 4) is 5.88 Å². The molecule has 8 nitrogen and oxygen atoms in total. The molecule has 1 aromatic heterocycles. The number of benzene rings is 2. The van der Waals surface area contributed by atoms with Gasteiger partial charge in [-0.15, -0.1) is 0 Å². The number of fused-ring (bicyclic) bond motifs is 1. The number of aromatic hydroxyl groups is 1. The topological polar surface area (TPSA) is 119 Å². The van der Waals surface area contributed by atoms with Gasteiger partial charge in [0.25, 0.3) is 0 Å². The van der Waals surface area contributed by atoms with E-state index < -0.39 is 6.09 Å². The van der Waals surface area contributed by atoms with Crippen molar-refractivity contribution in [3.63, 3.8) is 0 Å². The van der Waals surface area contributed by atoms with Crippen molar-refractivity contribution in [2.24, 2.45) is 9.98 Å². The van der Waals surface area contributed by atoms with Gasteiger partial charge in [-0.25, -0.2) is 14.8 Å². The number of nitrogens with one attached hydrogen (secondary N) is 2. The lowest BCUT2D eigenvalue weighted by molar-refractivity contribution is 0.200. The molecule has 0 radical (unpaired) electrons. The summed E-state index contributed by atoms with van der Waals surface area (Å²) in [6.45, 7) is 0. The minimum absolute atomic E-state index is 0.0280. The van der Waals surface area contributed by atoms with Crippen molar-refractivity contribution in [1.82, 2.24) is 10.3 Å². The number of carbonyl (C=O) groups is 1. The van der Waals surface area contributed by atoms with Crippen LogP contribution in [0.25, 0.3) is 6.08 Å². The van der Waals surface area contributed by atoms with E-state index in [1.165, 1.54) is 11.3 Å². The number of thiazole rings is 1. The Labute approximate surface area is 170 Å². The summed E-state index contributed by atoms with van der Waals surface area (Å²) >= 11 is 4.76. The van der Waals surface area contributed by atoms with Crippen molar-refractivity contribution in [2.45, 2.75) is 0 Å². The number of aromatic nitrogens is 1. The highest BCUT2D eigenvalue weighted by Crippen LogP contribution is 2.32. The van der Waals surface area contributed by atoms with E-state index in [0.717, 1.165) is 15.4 Å². The minimum Gasteiger partial charge on any atom is -0.492 e. The largest absolute Gasteiger partial charge is 0.492 e. The van der Waals surface area contributed by atoms with Gasteiger partial charge in [-0.2, -0.15) is 4.98 Å². The molecule has 3 aromatic rings. The molecule has 0 unspecified atom stereocenters. The third kappa shape index (κ3) is 3.87. The Kier molecular flexibility index (Phi) is 4.80. The zero-order valence-electron chi connectivity index (χ0n) is 14.0. The summed E-state index contributed by atoms with van der Waals surface area (Å²) in [5, 5.41) is 26.1. The number of para-hydroxylation sites is 1. The maximum Gasteiger partial charge on any atom is 0.411 e. The first-order valence-corrected chi connectivity index (χ1v) is 9.59. The van der Waals surface area contributed by atoms with E-state index in [1.54, 1.807) is 18.2 Å². The van der Waals surface area contributed by atoms with E-state index in [9.17, 15) is 9.90 Å². The summed E-state index contributed by atoms with van der Waals surface area (Å²) in [5.41, 5.74) is 1.39. The van der Waals surface area contributed by atoms with Crippen LogP contribution in [0.1, 0.15) is 4.88 Å². The molecule has 1 aliphatic heterocycles. The lowest BCUT2D eigenvalue weighted by atomic mass is 10.2. The molecule has 0 atom stereocenters. The van der Waals surface area contributed by atoms with Crippen molar-refractivity contribution >= 4 is 61.9 Å². The highest BCUT2D eigenvalue weighted by Gasteiger charge is 2.12. The number of halogens is 1. The zero-order valence-corrected chi connectivity index (χ0v) is 16.5. The van der Waals surface area contributed by atoms with Crippen LogP contribution in [0, 0.1) is 0 Å². The fraction of sp³-hybridized carbons (Fsp3) is 0. The molecule has 0 aliphatic carbocycles. The van der Waals surface area contributed by atoms with Crippen molar-refractivity contribution in [2.75, 3.05) is 5.32 Å². The molecule has 10 heteroatoms. The Balaban J connectivity index is 1.62. The van der Waals surface area contributed by atoms with E-state index in [2.05, 4.69) is 41.5 Å². The Morgan fingerprint density at radius 1 is 1.18 bits per heavy atom. The minimum atomic E-state index is -1.22. The summed E-state index contributed by atoms with van der Waals surface area (Å²) in [7, 11) is 0. The van der Waals surface area contributed by atoms with Crippen LogP contribution in [0.15, 0.2) is 56.9 Å². The second kappa shape index (κ2) is 7.41. The number of hydrogen-bond acceptors (Lipinski definition) is 7. The molecule has 0 bridgehead atoms. The van der Waals surface area contributed by atoms with E-state index in [0.29, 0.717) is 21.1 Å². The number of amides is 1. The summed E-state index contributed by atoms with van der Waals surface area (Å²) in [6.07, 6.45) is 0.554. The quantitative estimate of drug-likeness (QED) is 0.481. The molecule has 1 aliphatic rings. The van der Waals surface area contributed by atoms with Crippen LogP contribution in [0.2, 0.25) is 0 Å². The number of aliphatic imine (C=N–C) groups is 1. The molecule has 2 aromatic carbocycles. The van der Waals surface area contributed by atoms with Gasteiger partial charge in [0.15, 0.2) is 5.13 Å². The van der Waals surface area contributed by atoms with Crippen LogP contribution in [0.5, 0.6) is 5.88 Å². The van der Waals surface area contributed by atoms with Crippen LogP contribution in [0.4, 0.5) is 21.3 Å². The SMILES string of the molecule is O=C(O)NC1=Nc2cc(=Cc3sc(Nc4ccccc4Br)nc3O)ccc2=N1. The van der Waals surface area contributed by atoms with Crippen LogP contribution < -0.4 is 21.2 Å². The molecule has 140 valence electrons. The molecular weight excluding hydrogens is 446 g/mol. The first-order valence-electron chi connectivity index (χ1n) is 7.98. The number of anilines is 2. The Morgan fingerprint density at radius 2 is 2.00 bits per heavy atom. The van der Waals surface area contributed by atoms with Crippen molar-refractivity contribution in [3.05, 3.63) is 62.4 Å². The monoisotopic (exact) mass is 457 g/mol. The summed E-state index contributed by atoms with van der Waals surface area (Å²) in [6, 6.07) is 12.9. The molecule has 2 heterocycles. The second-order valence-electron chi connectivity index (χ2n) is 5.68. The van der Waals surface area contributed by atoms with E-state index in [1.807, 2.05) is 30.3 Å². The average Bonchev–Trinajstić information content (AvgIpc) is 3.18. The molecule has 0 saturated heterocycles. The molecule has 4 rings (SSSR count). The molecule has 1 amide bonds. The Morgan fingerprint density at radius 3 is 2.79 bits per heavy atom. The molecule has 4 N–H and O–H groups in total. The summed E-state index contributed by atoms with van der Waals surface area (Å²) in [5.74, 6) is -0.0540. The van der Waals surface area contributed by atoms with Gasteiger partial charge in [0, 0.05) is 4.47 Å². The number of carboxylic acid groups (broad SMARTS) is 1. The summed E-state index contributed by atoms with van der Waals surface area (Å²) in [4.78, 5) is 23.7. The van der Waals surface area contributed by atoms with Gasteiger partial charge < -0.3 is 15.5 Å². The third-order valence-electron chi connectivity index (χ3n) is 3.72. The lowest BCUT2D eigenvalue weighted by Crippen LogP contribution is -2.26. The number of nitrogens with zero attached hydrogens (tertiary/aromatic N) is 3. The Bertz CT molecular complexity index is 1240. The normalized spacial score (nSPS) is 12.9. The molecule has 0 spiro atoms. The van der Waals surface area contributed by atoms with E-state index >= 15 is 0 Å². The van der Waals surface area contributed by atoms with Gasteiger partial charge >= 0.3 is 6.09 Å². The van der Waals surface area contributed by atoms with Gasteiger partial charge in [0.05, 0.1) is 21.6 Å². The maximum absolute atomic E-state index is 10.7. The molecular formula is C18H12BrN5O3S. The van der Waals surface area contributed by atoms with Gasteiger partial charge in [-0.3, -0.25) is 5.32 Å². The lowest BCUT2D eigenvalue weighted by Gasteiger charge is -2.03. The van der Waals surface area contributed by atoms with Crippen LogP contribution >= 0.6 is 27.3 Å². The van der Waals surface area contributed by atoms with E-state index in [4.69, 9.17) is 5.11 Å². The van der Waals surface area contributed by atoms with Crippen LogP contribution in [0.3, 0.4) is 0 Å². The van der Waals surface area contributed by atoms with Gasteiger partial charge in [-0.05, 0) is 51.5 Å². The molecule has 28 heavy (non-hydrogen) atoms. The first-order chi connectivity index (χ1) is 13.5. The van der Waals surface area contributed by atoms with Crippen molar-refractivity contribution < 1.29 is 15.0 Å². The van der Waals surface area contributed by atoms with Gasteiger partial charge in [0.1, 0.15) is 0 Å². The average molecular weight is 458 g/mol. The number of hydrogen-bond donors (Lipinski definition) is 4. The zero-order chi connectivity index (χ0) is 19.7. The van der Waals surface area contributed by atoms with Crippen molar-refractivity contribution in [1.29, 1.82) is 0 Å². The molecule has 0 fully saturated rings. The standard InChI is InChI=1S/C18H12BrN5O3S/c19-10-3-1-2-4-11(10)22-17-23-15(25)14(28-17)8-9-5-6-12-13(7-9)21-16(20-12)24-18(26)27/h1-8,25H,(H,21,24)(H,22,23)(H,26,27). The smallest absolute Gasteiger partial charge is 0.411 e. The predicted molar refractivity (Wildman–Crippen MR) is 110 cm³/mol. The summed E-state index contributed by atoms with van der Waals surface area (Å²) < 4.78 is 0.890. The fourth-order valence-electron chi connectivity index (χ4n) is 2.52. The van der Waals surface area contributed by atoms with Gasteiger partial charge in [-0.1, -0.05) is 29.5 Å². The second-order valence-corrected chi connectivity index (χ2v) is 7.57. The fourth-order valence-corrected chi connectivity index (χ4v) is 3.74. The Hall–Kier alpha value is -3.24. The van der Waals surface area contributed by atoms with E-state index in [-0.39, 0.29) is 11.8 Å². The number of guanidine groups is 1. The molecule has 0 saturated carbocycles. The number of rotatable bonds is 3. The highest BCUT2D eigenvalue weighted by molar-refractivity contribution is 9.10. The predicted octanol–water partition coefficient (Wildman–Crippen LogP) is 3.07. The van der Waals surface area contributed by atoms with Gasteiger partial charge in [0.2, 0.25) is 11.8 Å². The third-order valence-corrected chi connectivity index (χ3v) is 5.32. The first kappa shape index (κ1) is 18.1. The maximum atomic E-state index is 10.7. The highest BCUT2D eigenvalue weighted by atomic mass is 79.9.